The molecule has 0 radical (unpaired) electrons. The molecule has 2 aliphatic heterocycles. The molecule has 9 heteroatoms. The molecular weight excluding hydrogens is 477 g/mol. The SMILES string of the molecule is CC1CCCN1c1nc2c(c(Nc3ccc(C4CC4)cc3)n1)CCN(c1ncccc1C(F)(F)F)CC2. The van der Waals surface area contributed by atoms with Crippen LogP contribution in [0, 0.1) is 0 Å². The zero-order valence-corrected chi connectivity index (χ0v) is 20.9. The molecule has 2 fully saturated rings. The van der Waals surface area contributed by atoms with Crippen LogP contribution in [0.3, 0.4) is 0 Å². The van der Waals surface area contributed by atoms with Crippen molar-refractivity contribution < 1.29 is 13.2 Å². The summed E-state index contributed by atoms with van der Waals surface area (Å²) in [6, 6.07) is 11.3. The van der Waals surface area contributed by atoms with Gasteiger partial charge in [-0.15, -0.1) is 0 Å². The predicted octanol–water partition coefficient (Wildman–Crippen LogP) is 6.11. The van der Waals surface area contributed by atoms with Gasteiger partial charge in [0.25, 0.3) is 0 Å². The van der Waals surface area contributed by atoms with Gasteiger partial charge in [-0.25, -0.2) is 9.97 Å². The maximum Gasteiger partial charge on any atom is 0.419 e. The first-order chi connectivity index (χ1) is 17.9. The maximum absolute atomic E-state index is 13.7. The van der Waals surface area contributed by atoms with E-state index in [1.54, 1.807) is 4.90 Å². The van der Waals surface area contributed by atoms with Gasteiger partial charge in [-0.3, -0.25) is 0 Å². The first-order valence-electron chi connectivity index (χ1n) is 13.2. The van der Waals surface area contributed by atoms with Crippen molar-refractivity contribution >= 4 is 23.3 Å². The summed E-state index contributed by atoms with van der Waals surface area (Å²) < 4.78 is 41.1. The Balaban J connectivity index is 1.33. The molecule has 3 aromatic rings. The lowest BCUT2D eigenvalue weighted by molar-refractivity contribution is -0.137. The summed E-state index contributed by atoms with van der Waals surface area (Å²) in [5.41, 5.74) is 3.48. The van der Waals surface area contributed by atoms with Gasteiger partial charge in [-0.2, -0.15) is 18.2 Å². The molecule has 1 saturated heterocycles. The first kappa shape index (κ1) is 24.0. The van der Waals surface area contributed by atoms with Gasteiger partial charge >= 0.3 is 6.18 Å². The Hall–Kier alpha value is -3.36. The summed E-state index contributed by atoms with van der Waals surface area (Å²) in [7, 11) is 0. The normalized spacial score (nSPS) is 20.1. The Kier molecular flexibility index (Phi) is 6.16. The van der Waals surface area contributed by atoms with E-state index in [1.165, 1.54) is 30.7 Å². The highest BCUT2D eigenvalue weighted by Crippen LogP contribution is 2.41. The van der Waals surface area contributed by atoms with Crippen molar-refractivity contribution in [3.05, 3.63) is 65.0 Å². The molecule has 1 aliphatic carbocycles. The smallest absolute Gasteiger partial charge is 0.355 e. The van der Waals surface area contributed by atoms with E-state index < -0.39 is 11.7 Å². The monoisotopic (exact) mass is 508 g/mol. The number of aromatic nitrogens is 3. The van der Waals surface area contributed by atoms with Crippen molar-refractivity contribution in [3.63, 3.8) is 0 Å². The minimum absolute atomic E-state index is 0.0191. The molecule has 0 amide bonds. The van der Waals surface area contributed by atoms with Gasteiger partial charge in [0.15, 0.2) is 0 Å². The number of hydrogen-bond donors (Lipinski definition) is 1. The van der Waals surface area contributed by atoms with E-state index in [0.717, 1.165) is 48.2 Å². The minimum atomic E-state index is -4.46. The third-order valence-corrected chi connectivity index (χ3v) is 7.75. The molecule has 1 atom stereocenters. The lowest BCUT2D eigenvalue weighted by atomic mass is 10.1. The van der Waals surface area contributed by atoms with E-state index in [4.69, 9.17) is 9.97 Å². The van der Waals surface area contributed by atoms with E-state index in [0.29, 0.717) is 43.8 Å². The predicted molar refractivity (Wildman–Crippen MR) is 139 cm³/mol. The lowest BCUT2D eigenvalue weighted by Gasteiger charge is -2.24. The van der Waals surface area contributed by atoms with Gasteiger partial charge in [-0.05, 0) is 74.8 Å². The zero-order valence-electron chi connectivity index (χ0n) is 20.9. The van der Waals surface area contributed by atoms with Crippen LogP contribution in [0.5, 0.6) is 0 Å². The van der Waals surface area contributed by atoms with Gasteiger partial charge in [0.2, 0.25) is 5.95 Å². The van der Waals surface area contributed by atoms with Crippen LogP contribution in [-0.2, 0) is 19.0 Å². The number of halogens is 3. The van der Waals surface area contributed by atoms with Crippen molar-refractivity contribution in [1.82, 2.24) is 15.0 Å². The van der Waals surface area contributed by atoms with Crippen LogP contribution in [0.15, 0.2) is 42.6 Å². The second kappa shape index (κ2) is 9.50. The third kappa shape index (κ3) is 4.95. The molecular formula is C28H31F3N6. The summed E-state index contributed by atoms with van der Waals surface area (Å²) in [6.45, 7) is 3.91. The summed E-state index contributed by atoms with van der Waals surface area (Å²) in [6.07, 6.45) is 2.73. The Morgan fingerprint density at radius 2 is 1.73 bits per heavy atom. The average Bonchev–Trinajstić information content (AvgIpc) is 3.68. The van der Waals surface area contributed by atoms with Gasteiger partial charge in [0.05, 0.1) is 11.3 Å². The van der Waals surface area contributed by atoms with E-state index in [-0.39, 0.29) is 5.82 Å². The van der Waals surface area contributed by atoms with Gasteiger partial charge in [0, 0.05) is 49.5 Å². The number of anilines is 4. The summed E-state index contributed by atoms with van der Waals surface area (Å²) in [4.78, 5) is 18.0. The lowest BCUT2D eigenvalue weighted by Crippen LogP contribution is -2.29. The van der Waals surface area contributed by atoms with Gasteiger partial charge < -0.3 is 15.1 Å². The topological polar surface area (TPSA) is 57.2 Å². The van der Waals surface area contributed by atoms with E-state index >= 15 is 0 Å². The fourth-order valence-electron chi connectivity index (χ4n) is 5.52. The largest absolute Gasteiger partial charge is 0.419 e. The van der Waals surface area contributed by atoms with Crippen LogP contribution in [0.4, 0.5) is 36.4 Å². The first-order valence-corrected chi connectivity index (χ1v) is 13.2. The number of benzene rings is 1. The van der Waals surface area contributed by atoms with Crippen molar-refractivity contribution in [2.45, 2.75) is 63.6 Å². The number of pyridine rings is 1. The van der Waals surface area contributed by atoms with Crippen LogP contribution < -0.4 is 15.1 Å². The number of hydrogen-bond acceptors (Lipinski definition) is 6. The highest BCUT2D eigenvalue weighted by atomic mass is 19.4. The Bertz CT molecular complexity index is 1270. The standard InChI is InChI=1S/C28H31F3N6/c1-18-4-3-15-37(18)27-34-24-13-17-36(26-23(28(29,30)31)5-2-14-32-26)16-12-22(24)25(35-27)33-21-10-8-20(9-11-21)19-6-7-19/h2,5,8-11,14,18-19H,3-4,6-7,12-13,15-17H2,1H3,(H,33,34,35). The van der Waals surface area contributed by atoms with Crippen LogP contribution in [0.25, 0.3) is 0 Å². The van der Waals surface area contributed by atoms with E-state index in [2.05, 4.69) is 46.4 Å². The molecule has 2 aromatic heterocycles. The van der Waals surface area contributed by atoms with Crippen molar-refractivity contribution in [1.29, 1.82) is 0 Å². The third-order valence-electron chi connectivity index (χ3n) is 7.75. The van der Waals surface area contributed by atoms with E-state index in [1.807, 2.05) is 0 Å². The van der Waals surface area contributed by atoms with Crippen LogP contribution in [-0.4, -0.2) is 40.6 Å². The molecule has 0 bridgehead atoms. The molecule has 6 rings (SSSR count). The number of rotatable bonds is 5. The summed E-state index contributed by atoms with van der Waals surface area (Å²) in [5.74, 6) is 2.11. The molecule has 1 N–H and O–H groups in total. The summed E-state index contributed by atoms with van der Waals surface area (Å²) in [5, 5.41) is 3.52. The Morgan fingerprint density at radius 1 is 0.946 bits per heavy atom. The molecule has 1 aromatic carbocycles. The Morgan fingerprint density at radius 3 is 2.43 bits per heavy atom. The second-order valence-corrected chi connectivity index (χ2v) is 10.4. The fourth-order valence-corrected chi connectivity index (χ4v) is 5.52. The average molecular weight is 509 g/mol. The molecule has 0 spiro atoms. The Labute approximate surface area is 214 Å². The highest BCUT2D eigenvalue weighted by molar-refractivity contribution is 5.63. The molecule has 1 unspecified atom stereocenters. The quantitative estimate of drug-likeness (QED) is 0.449. The zero-order chi connectivity index (χ0) is 25.6. The number of nitrogens with zero attached hydrogens (tertiary/aromatic N) is 5. The van der Waals surface area contributed by atoms with Gasteiger partial charge in [-0.1, -0.05) is 12.1 Å². The molecule has 37 heavy (non-hydrogen) atoms. The van der Waals surface area contributed by atoms with Crippen LogP contribution >= 0.6 is 0 Å². The van der Waals surface area contributed by atoms with Gasteiger partial charge in [0.1, 0.15) is 11.6 Å². The fraction of sp³-hybridized carbons (Fsp3) is 0.464. The number of nitrogens with one attached hydrogen (secondary N) is 1. The number of alkyl halides is 3. The maximum atomic E-state index is 13.7. The van der Waals surface area contributed by atoms with Crippen molar-refractivity contribution in [2.24, 2.45) is 0 Å². The molecule has 4 heterocycles. The van der Waals surface area contributed by atoms with Crippen molar-refractivity contribution in [3.8, 4) is 0 Å². The van der Waals surface area contributed by atoms with Crippen molar-refractivity contribution in [2.75, 3.05) is 34.8 Å². The summed E-state index contributed by atoms with van der Waals surface area (Å²) >= 11 is 0. The van der Waals surface area contributed by atoms with Crippen LogP contribution in [0.2, 0.25) is 0 Å². The molecule has 6 nitrogen and oxygen atoms in total. The molecule has 3 aliphatic rings. The minimum Gasteiger partial charge on any atom is -0.355 e. The highest BCUT2D eigenvalue weighted by Gasteiger charge is 2.36. The number of fused-ring (bicyclic) bond motifs is 1. The van der Waals surface area contributed by atoms with E-state index in [9.17, 15) is 13.2 Å². The molecule has 1 saturated carbocycles. The second-order valence-electron chi connectivity index (χ2n) is 10.4. The molecule has 194 valence electrons. The van der Waals surface area contributed by atoms with Crippen LogP contribution in [0.1, 0.15) is 60.9 Å².